The monoisotopic (exact) mass is 341 g/mol. The molecule has 0 saturated carbocycles. The van der Waals surface area contributed by atoms with E-state index in [0.29, 0.717) is 30.8 Å². The van der Waals surface area contributed by atoms with Crippen LogP contribution in [0.25, 0.3) is 11.4 Å². The van der Waals surface area contributed by atoms with Crippen LogP contribution in [-0.2, 0) is 13.0 Å². The average molecular weight is 341 g/mol. The predicted octanol–water partition coefficient (Wildman–Crippen LogP) is 3.28. The van der Waals surface area contributed by atoms with E-state index in [-0.39, 0.29) is 6.61 Å². The molecule has 1 N–H and O–H groups in total. The number of hydrogen-bond donors (Lipinski definition) is 1. The summed E-state index contributed by atoms with van der Waals surface area (Å²) >= 11 is 1.61. The van der Waals surface area contributed by atoms with Crippen LogP contribution in [0.2, 0.25) is 0 Å². The number of aliphatic hydroxyl groups is 1. The Balaban J connectivity index is 1.54. The SMILES string of the molecule is OCCN(Cc1nc(-c2ccsc2)no1)[C@H]1CCc2ccccc21. The van der Waals surface area contributed by atoms with Gasteiger partial charge in [-0.25, -0.2) is 0 Å². The highest BCUT2D eigenvalue weighted by Crippen LogP contribution is 2.36. The standard InChI is InChI=1S/C18H19N3O2S/c22-9-8-21(16-6-5-13-3-1-2-4-15(13)16)11-17-19-18(20-23-17)14-7-10-24-12-14/h1-4,7,10,12,16,22H,5-6,8-9,11H2/t16-/m0/s1. The molecule has 6 heteroatoms. The number of fused-ring (bicyclic) bond motifs is 1. The van der Waals surface area contributed by atoms with Crippen molar-refractivity contribution in [1.82, 2.24) is 15.0 Å². The van der Waals surface area contributed by atoms with Crippen molar-refractivity contribution in [3.8, 4) is 11.4 Å². The summed E-state index contributed by atoms with van der Waals surface area (Å²) in [7, 11) is 0. The van der Waals surface area contributed by atoms with Crippen LogP contribution in [0.3, 0.4) is 0 Å². The minimum absolute atomic E-state index is 0.115. The molecule has 124 valence electrons. The van der Waals surface area contributed by atoms with Gasteiger partial charge in [-0.15, -0.1) is 0 Å². The topological polar surface area (TPSA) is 62.4 Å². The normalized spacial score (nSPS) is 16.7. The van der Waals surface area contributed by atoms with Gasteiger partial charge in [0.1, 0.15) is 0 Å². The average Bonchev–Trinajstić information content (AvgIpc) is 3.34. The highest BCUT2D eigenvalue weighted by molar-refractivity contribution is 7.08. The highest BCUT2D eigenvalue weighted by atomic mass is 32.1. The van der Waals surface area contributed by atoms with Gasteiger partial charge in [-0.2, -0.15) is 16.3 Å². The van der Waals surface area contributed by atoms with E-state index in [2.05, 4.69) is 39.3 Å². The molecule has 0 radical (unpaired) electrons. The molecule has 4 rings (SSSR count). The third-order valence-electron chi connectivity index (χ3n) is 4.52. The molecule has 0 amide bonds. The number of nitrogens with zero attached hydrogens (tertiary/aromatic N) is 3. The van der Waals surface area contributed by atoms with Crippen LogP contribution in [0.1, 0.15) is 29.5 Å². The Morgan fingerprint density at radius 3 is 3.04 bits per heavy atom. The molecular weight excluding hydrogens is 322 g/mol. The Morgan fingerprint density at radius 2 is 2.21 bits per heavy atom. The second-order valence-corrected chi connectivity index (χ2v) is 6.75. The van der Waals surface area contributed by atoms with Crippen LogP contribution in [0.15, 0.2) is 45.6 Å². The molecular formula is C18H19N3O2S. The second-order valence-electron chi connectivity index (χ2n) is 5.97. The molecule has 0 aliphatic heterocycles. The van der Waals surface area contributed by atoms with E-state index in [0.717, 1.165) is 18.4 Å². The van der Waals surface area contributed by atoms with Crippen molar-refractivity contribution in [2.75, 3.05) is 13.2 Å². The Kier molecular flexibility index (Phi) is 4.42. The summed E-state index contributed by atoms with van der Waals surface area (Å²) in [6.45, 7) is 1.26. The molecule has 3 aromatic rings. The fraction of sp³-hybridized carbons (Fsp3) is 0.333. The van der Waals surface area contributed by atoms with Crippen LogP contribution in [-0.4, -0.2) is 33.3 Å². The van der Waals surface area contributed by atoms with Crippen molar-refractivity contribution in [2.24, 2.45) is 0 Å². The summed E-state index contributed by atoms with van der Waals surface area (Å²) in [5.74, 6) is 1.22. The van der Waals surface area contributed by atoms with E-state index >= 15 is 0 Å². The van der Waals surface area contributed by atoms with E-state index in [1.165, 1.54) is 11.1 Å². The fourth-order valence-corrected chi connectivity index (χ4v) is 4.02. The first-order chi connectivity index (χ1) is 11.8. The first-order valence-electron chi connectivity index (χ1n) is 8.13. The number of benzene rings is 1. The van der Waals surface area contributed by atoms with E-state index in [1.807, 2.05) is 16.8 Å². The maximum absolute atomic E-state index is 9.47. The summed E-state index contributed by atoms with van der Waals surface area (Å²) in [5.41, 5.74) is 3.73. The van der Waals surface area contributed by atoms with E-state index in [9.17, 15) is 5.11 Å². The van der Waals surface area contributed by atoms with Crippen LogP contribution in [0, 0.1) is 0 Å². The van der Waals surface area contributed by atoms with Crippen LogP contribution < -0.4 is 0 Å². The van der Waals surface area contributed by atoms with E-state index in [4.69, 9.17) is 4.52 Å². The maximum atomic E-state index is 9.47. The van der Waals surface area contributed by atoms with Crippen molar-refractivity contribution in [3.63, 3.8) is 0 Å². The van der Waals surface area contributed by atoms with Gasteiger partial charge >= 0.3 is 0 Å². The number of hydrogen-bond acceptors (Lipinski definition) is 6. The number of thiophene rings is 1. The first kappa shape index (κ1) is 15.5. The Bertz CT molecular complexity index is 800. The Morgan fingerprint density at radius 1 is 1.29 bits per heavy atom. The van der Waals surface area contributed by atoms with Gasteiger partial charge in [0, 0.05) is 23.5 Å². The first-order valence-corrected chi connectivity index (χ1v) is 9.07. The molecule has 1 atom stereocenters. The van der Waals surface area contributed by atoms with Crippen molar-refractivity contribution < 1.29 is 9.63 Å². The summed E-state index contributed by atoms with van der Waals surface area (Å²) < 4.78 is 5.43. The minimum Gasteiger partial charge on any atom is -0.395 e. The van der Waals surface area contributed by atoms with Gasteiger partial charge < -0.3 is 9.63 Å². The van der Waals surface area contributed by atoms with Gasteiger partial charge in [0.05, 0.1) is 13.2 Å². The molecule has 2 aromatic heterocycles. The lowest BCUT2D eigenvalue weighted by Gasteiger charge is -2.27. The van der Waals surface area contributed by atoms with E-state index < -0.39 is 0 Å². The molecule has 1 aliphatic rings. The highest BCUT2D eigenvalue weighted by Gasteiger charge is 2.28. The van der Waals surface area contributed by atoms with Crippen molar-refractivity contribution >= 4 is 11.3 Å². The maximum Gasteiger partial charge on any atom is 0.241 e. The molecule has 0 spiro atoms. The van der Waals surface area contributed by atoms with Gasteiger partial charge in [0.15, 0.2) is 0 Å². The third-order valence-corrected chi connectivity index (χ3v) is 5.20. The molecule has 2 heterocycles. The van der Waals surface area contributed by atoms with Crippen molar-refractivity contribution in [1.29, 1.82) is 0 Å². The molecule has 24 heavy (non-hydrogen) atoms. The number of aliphatic hydroxyl groups excluding tert-OH is 1. The summed E-state index contributed by atoms with van der Waals surface area (Å²) in [6, 6.07) is 10.8. The zero-order chi connectivity index (χ0) is 16.4. The molecule has 1 aromatic carbocycles. The lowest BCUT2D eigenvalue weighted by Crippen LogP contribution is -2.30. The van der Waals surface area contributed by atoms with Crippen molar-refractivity contribution in [2.45, 2.75) is 25.4 Å². The summed E-state index contributed by atoms with van der Waals surface area (Å²) in [5, 5.41) is 17.6. The van der Waals surface area contributed by atoms with Gasteiger partial charge in [-0.3, -0.25) is 4.90 Å². The zero-order valence-corrected chi connectivity index (χ0v) is 14.1. The largest absolute Gasteiger partial charge is 0.395 e. The van der Waals surface area contributed by atoms with Gasteiger partial charge in [-0.05, 0) is 35.4 Å². The lowest BCUT2D eigenvalue weighted by atomic mass is 10.1. The minimum atomic E-state index is 0.115. The lowest BCUT2D eigenvalue weighted by molar-refractivity contribution is 0.128. The van der Waals surface area contributed by atoms with Crippen LogP contribution >= 0.6 is 11.3 Å². The molecule has 0 fully saturated rings. The number of aryl methyl sites for hydroxylation is 1. The second kappa shape index (κ2) is 6.84. The third kappa shape index (κ3) is 3.00. The molecule has 1 aliphatic carbocycles. The smallest absolute Gasteiger partial charge is 0.241 e. The fourth-order valence-electron chi connectivity index (χ4n) is 3.39. The molecule has 5 nitrogen and oxygen atoms in total. The number of rotatable bonds is 6. The Labute approximate surface area is 144 Å². The zero-order valence-electron chi connectivity index (χ0n) is 13.3. The molecule has 0 bridgehead atoms. The van der Waals surface area contributed by atoms with Gasteiger partial charge in [-0.1, -0.05) is 29.4 Å². The molecule has 0 unspecified atom stereocenters. The van der Waals surface area contributed by atoms with E-state index in [1.54, 1.807) is 11.3 Å². The van der Waals surface area contributed by atoms with Crippen LogP contribution in [0.4, 0.5) is 0 Å². The van der Waals surface area contributed by atoms with Gasteiger partial charge in [0.25, 0.3) is 0 Å². The summed E-state index contributed by atoms with van der Waals surface area (Å²) in [4.78, 5) is 6.74. The van der Waals surface area contributed by atoms with Crippen molar-refractivity contribution in [3.05, 3.63) is 58.1 Å². The van der Waals surface area contributed by atoms with Gasteiger partial charge in [0.2, 0.25) is 11.7 Å². The quantitative estimate of drug-likeness (QED) is 0.745. The number of aromatic nitrogens is 2. The summed E-state index contributed by atoms with van der Waals surface area (Å²) in [6.07, 6.45) is 2.14. The molecule has 0 saturated heterocycles. The van der Waals surface area contributed by atoms with Crippen LogP contribution in [0.5, 0.6) is 0 Å². The Hall–Kier alpha value is -2.02. The predicted molar refractivity (Wildman–Crippen MR) is 92.6 cm³/mol.